The van der Waals surface area contributed by atoms with Crippen molar-refractivity contribution in [3.63, 3.8) is 0 Å². The van der Waals surface area contributed by atoms with E-state index in [9.17, 15) is 0 Å². The quantitative estimate of drug-likeness (QED) is 0.163. The molecule has 0 aromatic heterocycles. The van der Waals surface area contributed by atoms with Crippen LogP contribution in [-0.2, 0) is 27.1 Å². The minimum absolute atomic E-state index is 0.00527. The second-order valence-electron chi connectivity index (χ2n) is 24.2. The summed E-state index contributed by atoms with van der Waals surface area (Å²) in [6, 6.07) is 51.6. The molecule has 0 unspecified atom stereocenters. The van der Waals surface area contributed by atoms with Crippen LogP contribution in [0.1, 0.15) is 132 Å². The highest BCUT2D eigenvalue weighted by Crippen LogP contribution is 2.47. The van der Waals surface area contributed by atoms with Gasteiger partial charge in [-0.25, -0.2) is 4.39 Å². The first-order chi connectivity index (χ1) is 30.8. The molecule has 0 radical (unpaired) electrons. The van der Waals surface area contributed by atoms with Crippen molar-refractivity contribution in [3.05, 3.63) is 173 Å². The molecule has 0 spiro atoms. The highest BCUT2D eigenvalue weighted by atomic mass is 19.1. The van der Waals surface area contributed by atoms with Crippen molar-refractivity contribution in [1.29, 1.82) is 0 Å². The van der Waals surface area contributed by atoms with Gasteiger partial charge in [0.15, 0.2) is 0 Å². The molecule has 2 nitrogen and oxygen atoms in total. The van der Waals surface area contributed by atoms with Crippen molar-refractivity contribution < 1.29 is 4.39 Å². The van der Waals surface area contributed by atoms with Crippen LogP contribution in [0, 0.1) is 5.82 Å². The van der Waals surface area contributed by atoms with Gasteiger partial charge in [-0.2, -0.15) is 0 Å². The Bertz CT molecular complexity index is 2900. The van der Waals surface area contributed by atoms with E-state index in [1.807, 2.05) is 0 Å². The molecule has 0 saturated heterocycles. The lowest BCUT2D eigenvalue weighted by Crippen LogP contribution is -2.61. The molecule has 0 fully saturated rings. The summed E-state index contributed by atoms with van der Waals surface area (Å²) >= 11 is 0. The first kappa shape index (κ1) is 45.3. The molecule has 336 valence electrons. The monoisotopic (exact) mass is 871 g/mol. The van der Waals surface area contributed by atoms with Crippen LogP contribution in [0.3, 0.4) is 0 Å². The van der Waals surface area contributed by atoms with Gasteiger partial charge in [-0.3, -0.25) is 0 Å². The minimum Gasteiger partial charge on any atom is -0.311 e. The molecule has 7 aromatic carbocycles. The van der Waals surface area contributed by atoms with Gasteiger partial charge in [-0.15, -0.1) is 0 Å². The molecule has 0 amide bonds. The lowest BCUT2D eigenvalue weighted by Gasteiger charge is -2.45. The first-order valence-electron chi connectivity index (χ1n) is 24.0. The van der Waals surface area contributed by atoms with E-state index in [-0.39, 0.29) is 39.6 Å². The fourth-order valence-corrected chi connectivity index (χ4v) is 9.97. The molecule has 66 heavy (non-hydrogen) atoms. The fraction of sp³-hybridized carbons (Fsp3) is 0.323. The van der Waals surface area contributed by atoms with Gasteiger partial charge in [0.25, 0.3) is 6.71 Å². The molecule has 2 aliphatic rings. The molecule has 7 aromatic rings. The lowest BCUT2D eigenvalue weighted by molar-refractivity contribution is 0.590. The van der Waals surface area contributed by atoms with Crippen LogP contribution in [-0.4, -0.2) is 6.71 Å². The third-order valence-corrected chi connectivity index (χ3v) is 14.1. The Balaban J connectivity index is 1.35. The summed E-state index contributed by atoms with van der Waals surface area (Å²) in [4.78, 5) is 4.68. The predicted octanol–water partition coefficient (Wildman–Crippen LogP) is 15.7. The SMILES string of the molecule is CC(C)(C)c1ccc(-c2cc(-c3ccc(C(C)(C)C)cc3)cc(N3c4ccc(C(C)(C)C)cc4B4c5cc(C(C)(C)C)ccc5N(c5ccc(C(C)(C)C)cc5)c5cc(F)cc3c54)c2)cc1. The van der Waals surface area contributed by atoms with Gasteiger partial charge in [-0.05, 0) is 148 Å². The van der Waals surface area contributed by atoms with E-state index in [1.165, 1.54) is 38.7 Å². The maximum absolute atomic E-state index is 17.0. The Hall–Kier alpha value is -5.87. The van der Waals surface area contributed by atoms with E-state index in [2.05, 4.69) is 241 Å². The average molecular weight is 871 g/mol. The van der Waals surface area contributed by atoms with Crippen LogP contribution >= 0.6 is 0 Å². The third-order valence-electron chi connectivity index (χ3n) is 14.1. The standard InChI is InChI=1S/C62H68BFN2/c1-58(2,3)43-20-16-39(17-21-43)41-32-42(40-18-22-44(23-19-40)59(4,5)6)34-50(33-41)66-54-31-27-47(62(13,14)15)36-52(54)63-51-35-46(61(10,11)12)26-30-53(51)65(55-37-48(64)38-56(66)57(55)63)49-28-24-45(25-29-49)60(7,8)9/h16-38H,1-15H3. The second kappa shape index (κ2) is 15.6. The highest BCUT2D eigenvalue weighted by Gasteiger charge is 2.45. The Morgan fingerprint density at radius 3 is 1.02 bits per heavy atom. The number of anilines is 6. The number of halogens is 1. The zero-order chi connectivity index (χ0) is 47.5. The van der Waals surface area contributed by atoms with Gasteiger partial charge < -0.3 is 9.80 Å². The van der Waals surface area contributed by atoms with Crippen molar-refractivity contribution in [2.75, 3.05) is 9.80 Å². The number of benzene rings is 7. The maximum atomic E-state index is 17.0. The topological polar surface area (TPSA) is 6.48 Å². The van der Waals surface area contributed by atoms with Gasteiger partial charge in [0, 0.05) is 34.1 Å². The summed E-state index contributed by atoms with van der Waals surface area (Å²) in [5.41, 5.74) is 20.3. The summed E-state index contributed by atoms with van der Waals surface area (Å²) in [5, 5.41) is 0. The molecular weight excluding hydrogens is 803 g/mol. The molecule has 0 aliphatic carbocycles. The molecule has 2 aliphatic heterocycles. The lowest BCUT2D eigenvalue weighted by atomic mass is 9.33. The molecule has 0 saturated carbocycles. The molecular formula is C62H68BFN2. The number of hydrogen-bond donors (Lipinski definition) is 0. The van der Waals surface area contributed by atoms with E-state index in [1.54, 1.807) is 12.1 Å². The molecule has 2 heterocycles. The van der Waals surface area contributed by atoms with Crippen molar-refractivity contribution in [2.45, 2.75) is 131 Å². The Morgan fingerprint density at radius 2 is 0.652 bits per heavy atom. The molecule has 0 bridgehead atoms. The number of hydrogen-bond acceptors (Lipinski definition) is 2. The van der Waals surface area contributed by atoms with Crippen molar-refractivity contribution in [1.82, 2.24) is 0 Å². The van der Waals surface area contributed by atoms with E-state index in [4.69, 9.17) is 0 Å². The Kier molecular flexibility index (Phi) is 10.7. The van der Waals surface area contributed by atoms with Crippen LogP contribution in [0.5, 0.6) is 0 Å². The smallest absolute Gasteiger partial charge is 0.252 e. The maximum Gasteiger partial charge on any atom is 0.252 e. The molecule has 0 atom stereocenters. The summed E-state index contributed by atoms with van der Waals surface area (Å²) in [5.74, 6) is -0.264. The normalized spacial score (nSPS) is 14.0. The largest absolute Gasteiger partial charge is 0.311 e. The highest BCUT2D eigenvalue weighted by molar-refractivity contribution is 7.00. The molecule has 9 rings (SSSR count). The zero-order valence-electron chi connectivity index (χ0n) is 42.1. The van der Waals surface area contributed by atoms with Gasteiger partial charge in [-0.1, -0.05) is 189 Å². The van der Waals surface area contributed by atoms with Gasteiger partial charge in [0.2, 0.25) is 0 Å². The van der Waals surface area contributed by atoms with Gasteiger partial charge in [0.05, 0.1) is 0 Å². The Labute approximate surface area is 396 Å². The predicted molar refractivity (Wildman–Crippen MR) is 285 cm³/mol. The second-order valence-corrected chi connectivity index (χ2v) is 24.2. The summed E-state index contributed by atoms with van der Waals surface area (Å²) < 4.78 is 17.0. The Morgan fingerprint density at radius 1 is 0.318 bits per heavy atom. The number of nitrogens with zero attached hydrogens (tertiary/aromatic N) is 2. The van der Waals surface area contributed by atoms with E-state index >= 15 is 4.39 Å². The van der Waals surface area contributed by atoms with Gasteiger partial charge in [0.1, 0.15) is 5.82 Å². The van der Waals surface area contributed by atoms with E-state index in [0.29, 0.717) is 0 Å². The van der Waals surface area contributed by atoms with Crippen LogP contribution < -0.4 is 26.2 Å². The first-order valence-corrected chi connectivity index (χ1v) is 24.0. The summed E-state index contributed by atoms with van der Waals surface area (Å²) in [6.07, 6.45) is 0. The van der Waals surface area contributed by atoms with E-state index < -0.39 is 0 Å². The average Bonchev–Trinajstić information content (AvgIpc) is 3.24. The molecule has 0 N–H and O–H groups in total. The number of rotatable bonds is 4. The number of fused-ring (bicyclic) bond motifs is 4. The van der Waals surface area contributed by atoms with Crippen LogP contribution in [0.25, 0.3) is 22.3 Å². The minimum atomic E-state index is -0.264. The summed E-state index contributed by atoms with van der Waals surface area (Å²) in [6.45, 7) is 34.0. The van der Waals surface area contributed by atoms with Crippen LogP contribution in [0.4, 0.5) is 38.5 Å². The zero-order valence-corrected chi connectivity index (χ0v) is 42.1. The third kappa shape index (κ3) is 8.20. The van der Waals surface area contributed by atoms with Gasteiger partial charge >= 0.3 is 0 Å². The molecule has 4 heteroatoms. The van der Waals surface area contributed by atoms with Crippen LogP contribution in [0.2, 0.25) is 0 Å². The van der Waals surface area contributed by atoms with Crippen molar-refractivity contribution in [3.8, 4) is 22.3 Å². The van der Waals surface area contributed by atoms with E-state index in [0.717, 1.165) is 61.8 Å². The van der Waals surface area contributed by atoms with Crippen molar-refractivity contribution >= 4 is 57.2 Å². The van der Waals surface area contributed by atoms with Crippen LogP contribution in [0.15, 0.2) is 140 Å². The fourth-order valence-electron chi connectivity index (χ4n) is 9.97. The summed E-state index contributed by atoms with van der Waals surface area (Å²) in [7, 11) is 0. The van der Waals surface area contributed by atoms with Crippen molar-refractivity contribution in [2.24, 2.45) is 0 Å².